The van der Waals surface area contributed by atoms with E-state index in [4.69, 9.17) is 11.6 Å². The summed E-state index contributed by atoms with van der Waals surface area (Å²) in [5.41, 5.74) is 2.28. The fourth-order valence-electron chi connectivity index (χ4n) is 3.22. The fraction of sp³-hybridized carbons (Fsp3) is 0.211. The average molecular weight is 353 g/mol. The summed E-state index contributed by atoms with van der Waals surface area (Å²) in [7, 11) is 0. The number of carbonyl (C=O) groups excluding carboxylic acids is 1. The number of halogens is 1. The maximum absolute atomic E-state index is 12.8. The number of nitrogens with zero attached hydrogens (tertiary/aromatic N) is 3. The molecule has 25 heavy (non-hydrogen) atoms. The van der Waals surface area contributed by atoms with Gasteiger partial charge in [0.1, 0.15) is 12.7 Å². The minimum Gasteiger partial charge on any atom is -0.343 e. The number of benzene rings is 2. The Morgan fingerprint density at radius 1 is 1.08 bits per heavy atom. The molecule has 126 valence electrons. The highest BCUT2D eigenvalue weighted by molar-refractivity contribution is 6.30. The van der Waals surface area contributed by atoms with Crippen LogP contribution in [0.2, 0.25) is 5.02 Å². The number of hydrogen-bond donors (Lipinski definition) is 1. The molecule has 0 saturated heterocycles. The van der Waals surface area contributed by atoms with Gasteiger partial charge in [0, 0.05) is 16.3 Å². The molecule has 0 bridgehead atoms. The fourth-order valence-corrected chi connectivity index (χ4v) is 3.34. The number of aromatic nitrogens is 3. The van der Waals surface area contributed by atoms with Crippen molar-refractivity contribution in [2.45, 2.75) is 24.8 Å². The maximum Gasteiger partial charge on any atom is 0.252 e. The van der Waals surface area contributed by atoms with Gasteiger partial charge >= 0.3 is 0 Å². The predicted molar refractivity (Wildman–Crippen MR) is 95.8 cm³/mol. The molecule has 3 aromatic rings. The monoisotopic (exact) mass is 352 g/mol. The largest absolute Gasteiger partial charge is 0.343 e. The van der Waals surface area contributed by atoms with Crippen LogP contribution in [0.15, 0.2) is 61.2 Å². The van der Waals surface area contributed by atoms with Crippen molar-refractivity contribution >= 4 is 17.5 Å². The highest BCUT2D eigenvalue weighted by atomic mass is 35.5. The molecular formula is C19H17ClN4O. The van der Waals surface area contributed by atoms with Crippen LogP contribution in [0.25, 0.3) is 5.69 Å². The standard InChI is InChI=1S/C19H17ClN4O/c20-16-7-5-15(6-8-16)19(9-2-10-19)23-18(25)14-3-1-4-17(11-14)24-12-21-22-13-24/h1,3-8,11-13H,2,9-10H2,(H,23,25). The van der Waals surface area contributed by atoms with E-state index in [-0.39, 0.29) is 11.4 Å². The van der Waals surface area contributed by atoms with Gasteiger partial charge in [-0.15, -0.1) is 10.2 Å². The van der Waals surface area contributed by atoms with Crippen LogP contribution in [0.1, 0.15) is 35.2 Å². The van der Waals surface area contributed by atoms with Crippen LogP contribution in [0, 0.1) is 0 Å². The number of hydrogen-bond acceptors (Lipinski definition) is 3. The Labute approximate surface area is 150 Å². The van der Waals surface area contributed by atoms with Gasteiger partial charge in [0.2, 0.25) is 0 Å². The molecule has 1 aromatic heterocycles. The summed E-state index contributed by atoms with van der Waals surface area (Å²) in [6, 6.07) is 15.2. The average Bonchev–Trinajstić information content (AvgIpc) is 3.14. The molecule has 0 atom stereocenters. The second kappa shape index (κ2) is 6.33. The predicted octanol–water partition coefficient (Wildman–Crippen LogP) is 3.73. The van der Waals surface area contributed by atoms with Crippen molar-refractivity contribution in [1.82, 2.24) is 20.1 Å². The summed E-state index contributed by atoms with van der Waals surface area (Å²) >= 11 is 5.99. The van der Waals surface area contributed by atoms with E-state index in [0.717, 1.165) is 30.5 Å². The smallest absolute Gasteiger partial charge is 0.252 e. The number of rotatable bonds is 4. The second-order valence-electron chi connectivity index (χ2n) is 6.32. The molecule has 1 N–H and O–H groups in total. The van der Waals surface area contributed by atoms with Crippen molar-refractivity contribution in [2.75, 3.05) is 0 Å². The van der Waals surface area contributed by atoms with Gasteiger partial charge in [-0.2, -0.15) is 0 Å². The zero-order valence-corrected chi connectivity index (χ0v) is 14.3. The van der Waals surface area contributed by atoms with Crippen molar-refractivity contribution in [3.8, 4) is 5.69 Å². The lowest BCUT2D eigenvalue weighted by Gasteiger charge is -2.43. The first kappa shape index (κ1) is 15.8. The molecule has 6 heteroatoms. The molecule has 0 unspecified atom stereocenters. The lowest BCUT2D eigenvalue weighted by molar-refractivity contribution is 0.0823. The molecule has 2 aromatic carbocycles. The Balaban J connectivity index is 1.59. The summed E-state index contributed by atoms with van der Waals surface area (Å²) in [5, 5.41) is 11.5. The van der Waals surface area contributed by atoms with Crippen molar-refractivity contribution in [3.63, 3.8) is 0 Å². The molecule has 5 nitrogen and oxygen atoms in total. The summed E-state index contributed by atoms with van der Waals surface area (Å²) in [6.07, 6.45) is 6.19. The zero-order valence-electron chi connectivity index (χ0n) is 13.5. The highest BCUT2D eigenvalue weighted by Gasteiger charge is 2.40. The van der Waals surface area contributed by atoms with Gasteiger partial charge in [-0.1, -0.05) is 29.8 Å². The van der Waals surface area contributed by atoms with Crippen molar-refractivity contribution < 1.29 is 4.79 Å². The van der Waals surface area contributed by atoms with E-state index >= 15 is 0 Å². The number of carbonyl (C=O) groups is 1. The maximum atomic E-state index is 12.8. The van der Waals surface area contributed by atoms with Crippen LogP contribution in [-0.2, 0) is 5.54 Å². The molecule has 0 spiro atoms. The van der Waals surface area contributed by atoms with E-state index in [9.17, 15) is 4.79 Å². The number of nitrogens with one attached hydrogen (secondary N) is 1. The van der Waals surface area contributed by atoms with E-state index in [0.29, 0.717) is 10.6 Å². The van der Waals surface area contributed by atoms with Crippen LogP contribution >= 0.6 is 11.6 Å². The van der Waals surface area contributed by atoms with Crippen LogP contribution in [0.3, 0.4) is 0 Å². The second-order valence-corrected chi connectivity index (χ2v) is 6.75. The molecule has 1 amide bonds. The first-order chi connectivity index (χ1) is 12.2. The van der Waals surface area contributed by atoms with E-state index in [1.54, 1.807) is 17.2 Å². The summed E-state index contributed by atoms with van der Waals surface area (Å²) in [5.74, 6) is -0.0791. The highest BCUT2D eigenvalue weighted by Crippen LogP contribution is 2.41. The zero-order chi connectivity index (χ0) is 17.3. The molecule has 1 fully saturated rings. The Bertz CT molecular complexity index is 886. The van der Waals surface area contributed by atoms with E-state index in [1.807, 2.05) is 48.5 Å². The van der Waals surface area contributed by atoms with E-state index in [2.05, 4.69) is 15.5 Å². The lowest BCUT2D eigenvalue weighted by Crippen LogP contribution is -2.50. The Kier molecular flexibility index (Phi) is 4.01. The topological polar surface area (TPSA) is 59.8 Å². The van der Waals surface area contributed by atoms with Gasteiger partial charge in [0.05, 0.1) is 5.54 Å². The lowest BCUT2D eigenvalue weighted by atomic mass is 9.71. The van der Waals surface area contributed by atoms with Crippen LogP contribution < -0.4 is 5.32 Å². The van der Waals surface area contributed by atoms with Gasteiger partial charge < -0.3 is 5.32 Å². The van der Waals surface area contributed by atoms with Crippen LogP contribution in [-0.4, -0.2) is 20.7 Å². The SMILES string of the molecule is O=C(NC1(c2ccc(Cl)cc2)CCC1)c1cccc(-n2cnnc2)c1. The van der Waals surface area contributed by atoms with Crippen LogP contribution in [0.4, 0.5) is 0 Å². The van der Waals surface area contributed by atoms with Crippen LogP contribution in [0.5, 0.6) is 0 Å². The van der Waals surface area contributed by atoms with Crippen molar-refractivity contribution in [2.24, 2.45) is 0 Å². The molecular weight excluding hydrogens is 336 g/mol. The third kappa shape index (κ3) is 3.03. The Morgan fingerprint density at radius 3 is 2.44 bits per heavy atom. The minimum absolute atomic E-state index is 0.0791. The molecule has 1 heterocycles. The van der Waals surface area contributed by atoms with Crippen molar-refractivity contribution in [3.05, 3.63) is 77.3 Å². The van der Waals surface area contributed by atoms with Gasteiger partial charge in [-0.3, -0.25) is 9.36 Å². The first-order valence-corrected chi connectivity index (χ1v) is 8.58. The molecule has 4 rings (SSSR count). The van der Waals surface area contributed by atoms with E-state index in [1.165, 1.54) is 0 Å². The molecule has 0 radical (unpaired) electrons. The number of amides is 1. The third-order valence-corrected chi connectivity index (χ3v) is 5.03. The Morgan fingerprint density at radius 2 is 1.80 bits per heavy atom. The molecule has 1 aliphatic carbocycles. The summed E-state index contributed by atoms with van der Waals surface area (Å²) in [6.45, 7) is 0. The molecule has 1 saturated carbocycles. The van der Waals surface area contributed by atoms with E-state index < -0.39 is 0 Å². The van der Waals surface area contributed by atoms with Gasteiger partial charge in [0.15, 0.2) is 0 Å². The van der Waals surface area contributed by atoms with Crippen molar-refractivity contribution in [1.29, 1.82) is 0 Å². The summed E-state index contributed by atoms with van der Waals surface area (Å²) in [4.78, 5) is 12.8. The summed E-state index contributed by atoms with van der Waals surface area (Å²) < 4.78 is 1.77. The Hall–Kier alpha value is -2.66. The van der Waals surface area contributed by atoms with Gasteiger partial charge in [0.25, 0.3) is 5.91 Å². The minimum atomic E-state index is -0.297. The molecule has 0 aliphatic heterocycles. The normalized spacial score (nSPS) is 15.4. The third-order valence-electron chi connectivity index (χ3n) is 4.78. The van der Waals surface area contributed by atoms with Gasteiger partial charge in [-0.25, -0.2) is 0 Å². The quantitative estimate of drug-likeness (QED) is 0.778. The van der Waals surface area contributed by atoms with Gasteiger partial charge in [-0.05, 0) is 55.2 Å². The first-order valence-electron chi connectivity index (χ1n) is 8.20. The molecule has 1 aliphatic rings.